The van der Waals surface area contributed by atoms with E-state index in [9.17, 15) is 39.3 Å². The van der Waals surface area contributed by atoms with Gasteiger partial charge < -0.3 is 36.6 Å². The molecule has 3 aliphatic heterocycles. The van der Waals surface area contributed by atoms with Crippen molar-refractivity contribution >= 4 is 76.8 Å². The van der Waals surface area contributed by atoms with Crippen molar-refractivity contribution in [3.8, 4) is 11.6 Å². The number of carbonyl (C=O) groups is 5. The minimum Gasteiger partial charge on any atom is -0.543 e. The molecule has 0 aliphatic carbocycles. The van der Waals surface area contributed by atoms with E-state index >= 15 is 0 Å². The molecule has 3 atom stereocenters. The molecule has 2 unspecified atom stereocenters. The Morgan fingerprint density at radius 1 is 1.26 bits per heavy atom. The molecule has 21 heteroatoms. The first-order valence-electron chi connectivity index (χ1n) is 13.3. The number of hydrazine groups is 1. The number of nitrogens with one attached hydrogen (secondary N) is 3. The third-order valence-corrected chi connectivity index (χ3v) is 10.3. The largest absolute Gasteiger partial charge is 1.00 e. The van der Waals surface area contributed by atoms with Crippen LogP contribution in [-0.4, -0.2) is 89.2 Å². The number of urea groups is 1. The summed E-state index contributed by atoms with van der Waals surface area (Å²) in [6.07, 6.45) is 2.74. The van der Waals surface area contributed by atoms with E-state index in [0.717, 1.165) is 15.3 Å². The second-order valence-electron chi connectivity index (χ2n) is 9.89. The number of carbonyl (C=O) groups excluding carboxylic acids is 5. The average molecular weight is 712 g/mol. The number of fused-ring (bicyclic) bond motifs is 1. The summed E-state index contributed by atoms with van der Waals surface area (Å²) in [7, 11) is 1.82. The van der Waals surface area contributed by atoms with Crippen LogP contribution in [0.5, 0.6) is 11.6 Å². The standard InChI is InChI=1S/C26H27N9O8S3.Na/c1-11(36)30-26-28-7-15(20(38)32-26)34(25(27)43)18(12-3-5-14(37)6-4-12)21(39)31-17-22(40)35-19(24(41)42)13(10-45-23(17)35)9-44-16-8-29-33(2)46-16;/h3-8,17-18,23,29,37H,9-10H2,1-2H3,(H2,27,43)(H,31,39)(H,41,42)(H2,28,30,32,36,38);/q;+1/p-1/t17?,18?,23-;/m0./s1. The van der Waals surface area contributed by atoms with Crippen molar-refractivity contribution in [1.29, 1.82) is 0 Å². The molecule has 0 saturated carbocycles. The zero-order chi connectivity index (χ0) is 33.3. The van der Waals surface area contributed by atoms with Crippen LogP contribution in [0, 0.1) is 0 Å². The van der Waals surface area contributed by atoms with Crippen LogP contribution in [0.3, 0.4) is 0 Å². The zero-order valence-electron chi connectivity index (χ0n) is 25.0. The maximum Gasteiger partial charge on any atom is 1.00 e. The zero-order valence-corrected chi connectivity index (χ0v) is 29.4. The Labute approximate surface area is 302 Å². The van der Waals surface area contributed by atoms with Crippen LogP contribution in [0.1, 0.15) is 18.5 Å². The number of hydrogen-bond acceptors (Lipinski definition) is 15. The van der Waals surface area contributed by atoms with E-state index in [2.05, 4.69) is 26.0 Å². The molecule has 0 spiro atoms. The third-order valence-electron chi connectivity index (χ3n) is 6.77. The van der Waals surface area contributed by atoms with Crippen LogP contribution < -0.4 is 61.4 Å². The molecular weight excluding hydrogens is 686 g/mol. The van der Waals surface area contributed by atoms with Gasteiger partial charge in [-0.15, -0.1) is 23.5 Å². The number of phenolic OH excluding ortho intramolecular Hbond substituents is 1. The molecule has 5 amide bonds. The number of aliphatic carboxylic acids is 1. The Morgan fingerprint density at radius 2 is 1.96 bits per heavy atom. The fraction of sp³-hybridized carbons (Fsp3) is 0.269. The third kappa shape index (κ3) is 7.74. The summed E-state index contributed by atoms with van der Waals surface area (Å²) in [5.74, 6) is -4.37. The van der Waals surface area contributed by atoms with Crippen molar-refractivity contribution < 1.29 is 68.8 Å². The number of hydrogen-bond donors (Lipinski definition) is 6. The molecular formula is C26H26N9NaO8S3. The summed E-state index contributed by atoms with van der Waals surface area (Å²) in [6.45, 7) is 1.19. The van der Waals surface area contributed by atoms with E-state index in [-0.39, 0.29) is 58.3 Å². The predicted octanol–water partition coefficient (Wildman–Crippen LogP) is -3.49. The average Bonchev–Trinajstić information content (AvgIpc) is 3.42. The number of benzene rings is 1. The van der Waals surface area contributed by atoms with Crippen LogP contribution in [0.15, 0.2) is 52.2 Å². The normalized spacial score (nSPS) is 19.3. The molecule has 242 valence electrons. The number of rotatable bonds is 10. The van der Waals surface area contributed by atoms with Crippen LogP contribution in [0.4, 0.5) is 16.4 Å². The van der Waals surface area contributed by atoms with Crippen molar-refractivity contribution in [3.63, 3.8) is 0 Å². The number of phenols is 1. The van der Waals surface area contributed by atoms with Crippen molar-refractivity contribution in [2.45, 2.75) is 24.4 Å². The fourth-order valence-corrected chi connectivity index (χ4v) is 8.16. The number of aromatic nitrogens is 2. The van der Waals surface area contributed by atoms with E-state index < -0.39 is 58.7 Å². The summed E-state index contributed by atoms with van der Waals surface area (Å²) in [5.41, 5.74) is 8.61. The summed E-state index contributed by atoms with van der Waals surface area (Å²) >= 11 is 4.08. The fourth-order valence-electron chi connectivity index (χ4n) is 4.79. The Kier molecular flexibility index (Phi) is 11.6. The molecule has 5 rings (SSSR count). The maximum absolute atomic E-state index is 13.9. The summed E-state index contributed by atoms with van der Waals surface area (Å²) < 4.78 is 2.68. The van der Waals surface area contributed by atoms with Gasteiger partial charge in [-0.3, -0.25) is 29.5 Å². The van der Waals surface area contributed by atoms with Gasteiger partial charge in [-0.25, -0.2) is 9.78 Å². The number of nitrogens with zero attached hydrogens (tertiary/aromatic N) is 5. The van der Waals surface area contributed by atoms with Gasteiger partial charge in [0.2, 0.25) is 23.6 Å². The Balaban J connectivity index is 0.00000500. The van der Waals surface area contributed by atoms with Gasteiger partial charge in [0.1, 0.15) is 28.9 Å². The van der Waals surface area contributed by atoms with Gasteiger partial charge in [-0.2, -0.15) is 9.40 Å². The minimum atomic E-state index is -1.62. The van der Waals surface area contributed by atoms with Crippen LogP contribution in [-0.2, 0) is 19.2 Å². The predicted molar refractivity (Wildman–Crippen MR) is 167 cm³/mol. The molecule has 1 saturated heterocycles. The SMILES string of the molecule is CC(=O)Nc1ncc(N(C(N)=O)C(C(=O)NC2C(=O)N3C(C(=O)[O-])=C(CSC4=CNN(C)S4)CS[C@@H]23)c2ccc(O)cc2)c(O)n1.[Na+]. The number of aromatic hydroxyl groups is 2. The molecule has 7 N–H and O–H groups in total. The first-order valence-corrected chi connectivity index (χ1v) is 16.1. The van der Waals surface area contributed by atoms with Gasteiger partial charge in [-0.1, -0.05) is 12.1 Å². The first kappa shape index (κ1) is 36.2. The summed E-state index contributed by atoms with van der Waals surface area (Å²) in [4.78, 5) is 73.0. The van der Waals surface area contributed by atoms with E-state index in [1.807, 2.05) is 7.05 Å². The smallest absolute Gasteiger partial charge is 0.543 e. The summed E-state index contributed by atoms with van der Waals surface area (Å²) in [5, 5.41) is 36.7. The van der Waals surface area contributed by atoms with Crippen molar-refractivity contribution in [2.24, 2.45) is 5.73 Å². The van der Waals surface area contributed by atoms with Gasteiger partial charge in [0.05, 0.1) is 22.1 Å². The minimum absolute atomic E-state index is 0. The van der Waals surface area contributed by atoms with Crippen molar-refractivity contribution in [3.05, 3.63) is 57.7 Å². The van der Waals surface area contributed by atoms with Crippen LogP contribution >= 0.6 is 35.5 Å². The van der Waals surface area contributed by atoms with Gasteiger partial charge in [0.15, 0.2) is 0 Å². The van der Waals surface area contributed by atoms with Crippen molar-refractivity contribution in [2.75, 3.05) is 28.8 Å². The number of anilines is 2. The van der Waals surface area contributed by atoms with E-state index in [4.69, 9.17) is 5.73 Å². The molecule has 1 aromatic carbocycles. The molecule has 3 aliphatic rings. The van der Waals surface area contributed by atoms with E-state index in [0.29, 0.717) is 16.2 Å². The van der Waals surface area contributed by atoms with E-state index in [1.165, 1.54) is 66.7 Å². The topological polar surface area (TPSA) is 246 Å². The molecule has 0 bridgehead atoms. The summed E-state index contributed by atoms with van der Waals surface area (Å²) in [6, 6.07) is 1.14. The number of β-lactam (4-membered cyclic amide) rings is 1. The number of carboxylic acids is 1. The van der Waals surface area contributed by atoms with Gasteiger partial charge in [-0.05, 0) is 35.2 Å². The van der Waals surface area contributed by atoms with Crippen LogP contribution in [0.2, 0.25) is 0 Å². The molecule has 4 heterocycles. The molecule has 0 radical (unpaired) electrons. The molecule has 47 heavy (non-hydrogen) atoms. The second-order valence-corrected chi connectivity index (χ2v) is 13.4. The maximum atomic E-state index is 13.9. The Hall–Kier alpha value is -3.66. The number of carboxylic acid groups (broad SMARTS) is 1. The Morgan fingerprint density at radius 3 is 2.53 bits per heavy atom. The van der Waals surface area contributed by atoms with Gasteiger partial charge >= 0.3 is 35.6 Å². The van der Waals surface area contributed by atoms with Gasteiger partial charge in [0, 0.05) is 31.7 Å². The van der Waals surface area contributed by atoms with E-state index in [1.54, 1.807) is 10.6 Å². The number of primary amides is 1. The number of thioether (sulfide) groups is 2. The molecule has 1 aromatic heterocycles. The van der Waals surface area contributed by atoms with Gasteiger partial charge in [0.25, 0.3) is 5.91 Å². The number of amides is 5. The first-order chi connectivity index (χ1) is 21.8. The second kappa shape index (κ2) is 15.0. The quantitative estimate of drug-likeness (QED) is 0.0796. The monoisotopic (exact) mass is 711 g/mol. The molecule has 2 aromatic rings. The molecule has 1 fully saturated rings. The van der Waals surface area contributed by atoms with Crippen LogP contribution in [0.25, 0.3) is 0 Å². The molecule has 17 nitrogen and oxygen atoms in total. The Bertz CT molecular complexity index is 1680. The van der Waals surface area contributed by atoms with Crippen molar-refractivity contribution in [1.82, 2.24) is 30.0 Å². The number of nitrogens with two attached hydrogens (primary N) is 1.